The molecule has 22 heavy (non-hydrogen) atoms. The van der Waals surface area contributed by atoms with E-state index in [2.05, 4.69) is 15.5 Å². The summed E-state index contributed by atoms with van der Waals surface area (Å²) >= 11 is 1.42. The standard InChI is InChI=1S/C13H12F3N3O2S/c1-6(7-2-3-22-5-7)10-9-11(19-18-10)17-8(20)4-12(9,21)13(14,15)16/h2-3,5-6,21H,4H2,1H3,(H2,17,18,19,20). The second kappa shape index (κ2) is 4.82. The Labute approximate surface area is 127 Å². The summed E-state index contributed by atoms with van der Waals surface area (Å²) in [4.78, 5) is 11.5. The highest BCUT2D eigenvalue weighted by Crippen LogP contribution is 2.49. The van der Waals surface area contributed by atoms with Crippen LogP contribution in [0.1, 0.15) is 36.1 Å². The maximum atomic E-state index is 13.4. The summed E-state index contributed by atoms with van der Waals surface area (Å²) in [5.74, 6) is -1.62. The van der Waals surface area contributed by atoms with E-state index in [-0.39, 0.29) is 11.5 Å². The van der Waals surface area contributed by atoms with Crippen molar-refractivity contribution in [3.05, 3.63) is 33.6 Å². The number of aromatic nitrogens is 2. The first-order valence-electron chi connectivity index (χ1n) is 6.44. The summed E-state index contributed by atoms with van der Waals surface area (Å²) in [6.45, 7) is 1.71. The Morgan fingerprint density at radius 3 is 2.82 bits per heavy atom. The first-order chi connectivity index (χ1) is 10.2. The van der Waals surface area contributed by atoms with Gasteiger partial charge in [-0.1, -0.05) is 6.92 Å². The van der Waals surface area contributed by atoms with Crippen LogP contribution in [0.5, 0.6) is 0 Å². The van der Waals surface area contributed by atoms with Gasteiger partial charge in [0.05, 0.1) is 17.7 Å². The number of anilines is 1. The molecule has 118 valence electrons. The van der Waals surface area contributed by atoms with Gasteiger partial charge in [0, 0.05) is 5.92 Å². The molecule has 0 saturated heterocycles. The number of rotatable bonds is 2. The molecular formula is C13H12F3N3O2S. The van der Waals surface area contributed by atoms with E-state index in [9.17, 15) is 23.1 Å². The van der Waals surface area contributed by atoms with Gasteiger partial charge in [-0.15, -0.1) is 0 Å². The Morgan fingerprint density at radius 2 is 2.23 bits per heavy atom. The maximum Gasteiger partial charge on any atom is 0.422 e. The van der Waals surface area contributed by atoms with E-state index in [4.69, 9.17) is 0 Å². The lowest BCUT2D eigenvalue weighted by Crippen LogP contribution is -2.48. The normalized spacial score (nSPS) is 23.0. The minimum atomic E-state index is -4.98. The van der Waals surface area contributed by atoms with Crippen molar-refractivity contribution < 1.29 is 23.1 Å². The number of halogens is 3. The van der Waals surface area contributed by atoms with E-state index in [1.807, 2.05) is 10.8 Å². The molecule has 1 amide bonds. The van der Waals surface area contributed by atoms with Gasteiger partial charge in [-0.2, -0.15) is 29.6 Å². The molecule has 9 heteroatoms. The topological polar surface area (TPSA) is 78.0 Å². The van der Waals surface area contributed by atoms with Crippen LogP contribution in [-0.2, 0) is 10.4 Å². The van der Waals surface area contributed by atoms with Crippen molar-refractivity contribution in [2.75, 3.05) is 5.32 Å². The van der Waals surface area contributed by atoms with Crippen LogP contribution in [0.2, 0.25) is 0 Å². The smallest absolute Gasteiger partial charge is 0.376 e. The van der Waals surface area contributed by atoms with Crippen LogP contribution in [0, 0.1) is 0 Å². The third kappa shape index (κ3) is 2.12. The van der Waals surface area contributed by atoms with E-state index in [0.29, 0.717) is 0 Å². The van der Waals surface area contributed by atoms with Crippen molar-refractivity contribution in [3.63, 3.8) is 0 Å². The fourth-order valence-corrected chi connectivity index (χ4v) is 3.36. The SMILES string of the molecule is CC(c1ccsc1)c1[nH]nc2c1C(O)(C(F)(F)F)CC(=O)N2. The van der Waals surface area contributed by atoms with E-state index in [1.54, 1.807) is 13.0 Å². The summed E-state index contributed by atoms with van der Waals surface area (Å²) in [5.41, 5.74) is -2.69. The average molecular weight is 331 g/mol. The number of hydrogen-bond donors (Lipinski definition) is 3. The van der Waals surface area contributed by atoms with Gasteiger partial charge in [-0.3, -0.25) is 9.89 Å². The summed E-state index contributed by atoms with van der Waals surface area (Å²) in [6.07, 6.45) is -6.06. The molecule has 2 atom stereocenters. The van der Waals surface area contributed by atoms with Gasteiger partial charge < -0.3 is 10.4 Å². The number of aromatic amines is 1. The third-order valence-electron chi connectivity index (χ3n) is 3.83. The molecule has 0 aromatic carbocycles. The number of nitrogens with one attached hydrogen (secondary N) is 2. The van der Waals surface area contributed by atoms with Crippen LogP contribution in [-0.4, -0.2) is 27.4 Å². The van der Waals surface area contributed by atoms with Gasteiger partial charge in [0.15, 0.2) is 11.4 Å². The van der Waals surface area contributed by atoms with Crippen molar-refractivity contribution >= 4 is 23.1 Å². The number of carbonyl (C=O) groups is 1. The molecule has 0 saturated carbocycles. The lowest BCUT2D eigenvalue weighted by atomic mass is 9.82. The molecule has 1 aliphatic heterocycles. The zero-order valence-electron chi connectivity index (χ0n) is 11.4. The van der Waals surface area contributed by atoms with Crippen molar-refractivity contribution in [3.8, 4) is 0 Å². The number of nitrogens with zero attached hydrogens (tertiary/aromatic N) is 1. The fraction of sp³-hybridized carbons (Fsp3) is 0.385. The quantitative estimate of drug-likeness (QED) is 0.792. The molecule has 2 unspecified atom stereocenters. The summed E-state index contributed by atoms with van der Waals surface area (Å²) < 4.78 is 40.1. The second-order valence-electron chi connectivity index (χ2n) is 5.22. The number of fused-ring (bicyclic) bond motifs is 1. The minimum absolute atomic E-state index is 0.147. The van der Waals surface area contributed by atoms with Gasteiger partial charge in [0.25, 0.3) is 0 Å². The molecule has 0 aliphatic carbocycles. The highest BCUT2D eigenvalue weighted by Gasteiger charge is 2.60. The molecule has 3 N–H and O–H groups in total. The molecule has 2 aromatic rings. The molecule has 3 rings (SSSR count). The van der Waals surface area contributed by atoms with E-state index in [0.717, 1.165) is 5.56 Å². The van der Waals surface area contributed by atoms with E-state index >= 15 is 0 Å². The number of H-pyrrole nitrogens is 1. The number of alkyl halides is 3. The van der Waals surface area contributed by atoms with Gasteiger partial charge in [0.2, 0.25) is 5.91 Å². The molecule has 2 aromatic heterocycles. The largest absolute Gasteiger partial charge is 0.422 e. The van der Waals surface area contributed by atoms with E-state index in [1.165, 1.54) is 11.3 Å². The van der Waals surface area contributed by atoms with Crippen molar-refractivity contribution in [2.24, 2.45) is 0 Å². The van der Waals surface area contributed by atoms with Crippen molar-refractivity contribution in [1.82, 2.24) is 10.2 Å². The van der Waals surface area contributed by atoms with Crippen molar-refractivity contribution in [1.29, 1.82) is 0 Å². The predicted molar refractivity (Wildman–Crippen MR) is 73.6 cm³/mol. The molecule has 3 heterocycles. The zero-order chi connectivity index (χ0) is 16.1. The number of hydrogen-bond acceptors (Lipinski definition) is 4. The molecule has 0 fully saturated rings. The van der Waals surface area contributed by atoms with Gasteiger partial charge in [-0.05, 0) is 22.4 Å². The average Bonchev–Trinajstić information content (AvgIpc) is 3.05. The molecule has 0 bridgehead atoms. The molecule has 0 radical (unpaired) electrons. The fourth-order valence-electron chi connectivity index (χ4n) is 2.60. The highest BCUT2D eigenvalue weighted by molar-refractivity contribution is 7.08. The number of aliphatic hydroxyl groups is 1. The molecule has 0 spiro atoms. The number of thiophene rings is 1. The first kappa shape index (κ1) is 15.0. The Morgan fingerprint density at radius 1 is 1.50 bits per heavy atom. The Hall–Kier alpha value is -1.87. The monoisotopic (exact) mass is 331 g/mol. The maximum absolute atomic E-state index is 13.4. The Kier molecular flexibility index (Phi) is 3.29. The number of carbonyl (C=O) groups excluding carboxylic acids is 1. The Bertz CT molecular complexity index is 711. The lowest BCUT2D eigenvalue weighted by Gasteiger charge is -2.34. The van der Waals surface area contributed by atoms with Crippen LogP contribution in [0.25, 0.3) is 0 Å². The third-order valence-corrected chi connectivity index (χ3v) is 4.53. The van der Waals surface area contributed by atoms with Crippen molar-refractivity contribution in [2.45, 2.75) is 31.0 Å². The van der Waals surface area contributed by atoms with Crippen LogP contribution in [0.3, 0.4) is 0 Å². The summed E-state index contributed by atoms with van der Waals surface area (Å²) in [5, 5.41) is 22.4. The van der Waals surface area contributed by atoms with Crippen LogP contribution in [0.4, 0.5) is 19.0 Å². The van der Waals surface area contributed by atoms with Crippen LogP contribution in [0.15, 0.2) is 16.8 Å². The number of amides is 1. The first-order valence-corrected chi connectivity index (χ1v) is 7.38. The summed E-state index contributed by atoms with van der Waals surface area (Å²) in [7, 11) is 0. The van der Waals surface area contributed by atoms with Gasteiger partial charge in [0.1, 0.15) is 0 Å². The predicted octanol–water partition coefficient (Wildman–Crippen LogP) is 2.72. The minimum Gasteiger partial charge on any atom is -0.376 e. The highest BCUT2D eigenvalue weighted by atomic mass is 32.1. The van der Waals surface area contributed by atoms with Gasteiger partial charge >= 0.3 is 6.18 Å². The lowest BCUT2D eigenvalue weighted by molar-refractivity contribution is -0.267. The molecular weight excluding hydrogens is 319 g/mol. The van der Waals surface area contributed by atoms with Crippen LogP contribution >= 0.6 is 11.3 Å². The summed E-state index contributed by atoms with van der Waals surface area (Å²) in [6, 6.07) is 1.79. The zero-order valence-corrected chi connectivity index (χ0v) is 12.2. The second-order valence-corrected chi connectivity index (χ2v) is 6.00. The molecule has 5 nitrogen and oxygen atoms in total. The van der Waals surface area contributed by atoms with Crippen LogP contribution < -0.4 is 5.32 Å². The Balaban J connectivity index is 2.16. The van der Waals surface area contributed by atoms with Gasteiger partial charge in [-0.25, -0.2) is 0 Å². The molecule has 1 aliphatic rings. The van der Waals surface area contributed by atoms with E-state index < -0.39 is 35.6 Å².